The summed E-state index contributed by atoms with van der Waals surface area (Å²) < 4.78 is 0. The van der Waals surface area contributed by atoms with E-state index < -0.39 is 5.54 Å². The minimum atomic E-state index is -0.730. The van der Waals surface area contributed by atoms with Crippen LogP contribution in [0.15, 0.2) is 24.3 Å². The van der Waals surface area contributed by atoms with Crippen LogP contribution in [0.4, 0.5) is 4.79 Å². The van der Waals surface area contributed by atoms with E-state index in [9.17, 15) is 14.4 Å². The molecular weight excluding hydrogens is 378 g/mol. The number of aryl methyl sites for hydroxylation is 1. The molecule has 1 aromatic carbocycles. The third kappa shape index (κ3) is 4.85. The molecule has 2 aliphatic rings. The first-order chi connectivity index (χ1) is 14.4. The molecule has 2 N–H and O–H groups in total. The van der Waals surface area contributed by atoms with Gasteiger partial charge < -0.3 is 10.6 Å². The number of carbonyl (C=O) groups is 3. The van der Waals surface area contributed by atoms with Crippen molar-refractivity contribution in [1.29, 1.82) is 0 Å². The van der Waals surface area contributed by atoms with Gasteiger partial charge >= 0.3 is 6.03 Å². The largest absolute Gasteiger partial charge is 0.349 e. The third-order valence-corrected chi connectivity index (χ3v) is 6.38. The Morgan fingerprint density at radius 3 is 2.40 bits per heavy atom. The van der Waals surface area contributed by atoms with Gasteiger partial charge in [0, 0.05) is 13.0 Å². The van der Waals surface area contributed by atoms with Crippen molar-refractivity contribution in [2.45, 2.75) is 83.7 Å². The lowest BCUT2D eigenvalue weighted by Gasteiger charge is -2.30. The van der Waals surface area contributed by atoms with E-state index in [1.807, 2.05) is 0 Å². The molecule has 2 fully saturated rings. The first kappa shape index (κ1) is 22.3. The van der Waals surface area contributed by atoms with E-state index in [0.717, 1.165) is 37.7 Å². The second-order valence-electron chi connectivity index (χ2n) is 9.06. The lowest BCUT2D eigenvalue weighted by atomic mass is 9.82. The highest BCUT2D eigenvalue weighted by atomic mass is 16.2. The molecule has 1 aromatic rings. The van der Waals surface area contributed by atoms with Gasteiger partial charge in [0.15, 0.2) is 0 Å². The zero-order valence-electron chi connectivity index (χ0n) is 18.5. The summed E-state index contributed by atoms with van der Waals surface area (Å²) in [4.78, 5) is 39.1. The molecule has 1 saturated carbocycles. The van der Waals surface area contributed by atoms with Crippen molar-refractivity contribution in [2.24, 2.45) is 5.92 Å². The molecule has 1 aliphatic heterocycles. The summed E-state index contributed by atoms with van der Waals surface area (Å²) in [7, 11) is 0. The Labute approximate surface area is 179 Å². The van der Waals surface area contributed by atoms with E-state index in [-0.39, 0.29) is 42.8 Å². The van der Waals surface area contributed by atoms with Crippen molar-refractivity contribution >= 4 is 17.8 Å². The molecular formula is C24H35N3O3. The molecule has 164 valence electrons. The zero-order chi connectivity index (χ0) is 21.7. The summed E-state index contributed by atoms with van der Waals surface area (Å²) in [6.45, 7) is 6.44. The predicted molar refractivity (Wildman–Crippen MR) is 117 cm³/mol. The first-order valence-electron chi connectivity index (χ1n) is 11.4. The fourth-order valence-electron chi connectivity index (χ4n) is 4.65. The van der Waals surface area contributed by atoms with Gasteiger partial charge in [0.05, 0.1) is 6.04 Å². The Balaban J connectivity index is 1.58. The van der Waals surface area contributed by atoms with Crippen LogP contribution in [0.5, 0.6) is 0 Å². The molecule has 1 atom stereocenters. The molecule has 4 amide bonds. The number of benzene rings is 1. The monoisotopic (exact) mass is 413 g/mol. The van der Waals surface area contributed by atoms with Gasteiger partial charge in [-0.1, -0.05) is 70.7 Å². The van der Waals surface area contributed by atoms with E-state index in [2.05, 4.69) is 55.7 Å². The Hall–Kier alpha value is -2.37. The second-order valence-corrected chi connectivity index (χ2v) is 9.06. The summed E-state index contributed by atoms with van der Waals surface area (Å²) in [6.07, 6.45) is 6.67. The van der Waals surface area contributed by atoms with Gasteiger partial charge in [0.2, 0.25) is 5.91 Å². The maximum absolute atomic E-state index is 12.9. The molecule has 3 rings (SSSR count). The van der Waals surface area contributed by atoms with Crippen LogP contribution in [-0.4, -0.2) is 34.8 Å². The Morgan fingerprint density at radius 2 is 1.80 bits per heavy atom. The van der Waals surface area contributed by atoms with Gasteiger partial charge in [-0.05, 0) is 36.3 Å². The zero-order valence-corrected chi connectivity index (χ0v) is 18.5. The number of nitrogens with zero attached hydrogens (tertiary/aromatic N) is 1. The Morgan fingerprint density at radius 1 is 1.13 bits per heavy atom. The normalized spacial score (nSPS) is 19.3. The van der Waals surface area contributed by atoms with Gasteiger partial charge in [-0.2, -0.15) is 0 Å². The van der Waals surface area contributed by atoms with Crippen molar-refractivity contribution in [3.05, 3.63) is 35.4 Å². The number of urea groups is 1. The van der Waals surface area contributed by atoms with Crippen molar-refractivity contribution in [3.8, 4) is 0 Å². The molecule has 1 spiro atoms. The minimum Gasteiger partial charge on any atom is -0.349 e. The molecule has 0 aromatic heterocycles. The number of nitrogens with one attached hydrogen (secondary N) is 2. The molecule has 6 nitrogen and oxygen atoms in total. The standard InChI is InChI=1S/C24H35N3O3/c1-4-8-18-9-11-19(12-10-18)21(17(2)3)25-20(28)13-16-27-22(29)24(26-23(27)30)14-6-5-7-15-24/h9-12,17,21H,4-8,13-16H2,1-3H3,(H,25,28)(H,26,30). The average molecular weight is 414 g/mol. The smallest absolute Gasteiger partial charge is 0.325 e. The maximum Gasteiger partial charge on any atom is 0.325 e. The number of amides is 4. The van der Waals surface area contributed by atoms with Crippen LogP contribution >= 0.6 is 0 Å². The number of rotatable bonds is 8. The number of hydrogen-bond acceptors (Lipinski definition) is 3. The van der Waals surface area contributed by atoms with E-state index in [0.29, 0.717) is 12.8 Å². The van der Waals surface area contributed by atoms with E-state index >= 15 is 0 Å². The highest BCUT2D eigenvalue weighted by Crippen LogP contribution is 2.33. The lowest BCUT2D eigenvalue weighted by molar-refractivity contribution is -0.132. The second kappa shape index (κ2) is 9.63. The van der Waals surface area contributed by atoms with Gasteiger partial charge in [0.1, 0.15) is 5.54 Å². The molecule has 0 radical (unpaired) electrons. The Kier molecular flexibility index (Phi) is 7.16. The summed E-state index contributed by atoms with van der Waals surface area (Å²) in [5.74, 6) is -0.0725. The quantitative estimate of drug-likeness (QED) is 0.630. The van der Waals surface area contributed by atoms with Gasteiger partial charge in [-0.25, -0.2) is 4.79 Å². The first-order valence-corrected chi connectivity index (χ1v) is 11.4. The van der Waals surface area contributed by atoms with E-state index in [1.165, 1.54) is 10.5 Å². The average Bonchev–Trinajstić information content (AvgIpc) is 2.95. The predicted octanol–water partition coefficient (Wildman–Crippen LogP) is 4.10. The van der Waals surface area contributed by atoms with Gasteiger partial charge in [-0.3, -0.25) is 14.5 Å². The molecule has 1 aliphatic carbocycles. The number of imide groups is 1. The molecule has 1 saturated heterocycles. The summed E-state index contributed by atoms with van der Waals surface area (Å²) in [5.41, 5.74) is 1.65. The lowest BCUT2D eigenvalue weighted by Crippen LogP contribution is -2.48. The van der Waals surface area contributed by atoms with Crippen LogP contribution in [0.3, 0.4) is 0 Å². The van der Waals surface area contributed by atoms with Crippen molar-refractivity contribution < 1.29 is 14.4 Å². The van der Waals surface area contributed by atoms with E-state index in [1.54, 1.807) is 0 Å². The van der Waals surface area contributed by atoms with Gasteiger partial charge in [-0.15, -0.1) is 0 Å². The Bertz CT molecular complexity index is 766. The summed E-state index contributed by atoms with van der Waals surface area (Å²) in [5, 5.41) is 6.00. The van der Waals surface area contributed by atoms with Crippen molar-refractivity contribution in [3.63, 3.8) is 0 Å². The summed E-state index contributed by atoms with van der Waals surface area (Å²) >= 11 is 0. The summed E-state index contributed by atoms with van der Waals surface area (Å²) in [6, 6.07) is 7.96. The van der Waals surface area contributed by atoms with Crippen molar-refractivity contribution in [2.75, 3.05) is 6.54 Å². The van der Waals surface area contributed by atoms with Crippen molar-refractivity contribution in [1.82, 2.24) is 15.5 Å². The SMILES string of the molecule is CCCc1ccc(C(NC(=O)CCN2C(=O)NC3(CCCCC3)C2=O)C(C)C)cc1. The van der Waals surface area contributed by atoms with Crippen LogP contribution in [0.25, 0.3) is 0 Å². The van der Waals surface area contributed by atoms with Crippen LogP contribution < -0.4 is 10.6 Å². The fourth-order valence-corrected chi connectivity index (χ4v) is 4.65. The van der Waals surface area contributed by atoms with Crippen LogP contribution in [-0.2, 0) is 16.0 Å². The number of hydrogen-bond donors (Lipinski definition) is 2. The van der Waals surface area contributed by atoms with Crippen LogP contribution in [0.1, 0.15) is 82.9 Å². The topological polar surface area (TPSA) is 78.5 Å². The maximum atomic E-state index is 12.9. The fraction of sp³-hybridized carbons (Fsp3) is 0.625. The molecule has 1 heterocycles. The highest BCUT2D eigenvalue weighted by Gasteiger charge is 2.51. The van der Waals surface area contributed by atoms with Gasteiger partial charge in [0.25, 0.3) is 5.91 Å². The molecule has 0 bridgehead atoms. The minimum absolute atomic E-state index is 0.0963. The molecule has 1 unspecified atom stereocenters. The highest BCUT2D eigenvalue weighted by molar-refractivity contribution is 6.07. The van der Waals surface area contributed by atoms with Crippen LogP contribution in [0, 0.1) is 5.92 Å². The molecule has 30 heavy (non-hydrogen) atoms. The molecule has 6 heteroatoms. The number of carbonyl (C=O) groups excluding carboxylic acids is 3. The van der Waals surface area contributed by atoms with E-state index in [4.69, 9.17) is 0 Å². The van der Waals surface area contributed by atoms with Crippen LogP contribution in [0.2, 0.25) is 0 Å². The third-order valence-electron chi connectivity index (χ3n) is 6.38.